The van der Waals surface area contributed by atoms with Crippen molar-refractivity contribution < 1.29 is 13.9 Å². The van der Waals surface area contributed by atoms with Crippen molar-refractivity contribution in [3.05, 3.63) is 53.7 Å². The molecule has 7 nitrogen and oxygen atoms in total. The van der Waals surface area contributed by atoms with Crippen molar-refractivity contribution in [2.24, 2.45) is 5.92 Å². The van der Waals surface area contributed by atoms with Crippen molar-refractivity contribution in [2.75, 3.05) is 0 Å². The first-order chi connectivity index (χ1) is 14.6. The standard InChI is InChI=1S/C21H15ClFN5O2/c22-14-6-18-20(24-9-14)28-19(27-18)16-2-1-12(5-17(16)23)13-7-25-21(26-8-13)30-15-3-11(4-15)10-29/h1-2,5-11,15H,3-4H2,(H,24,27,28). The lowest BCUT2D eigenvalue weighted by atomic mass is 9.84. The number of H-pyrrole nitrogens is 1. The Bertz CT molecular complexity index is 1240. The van der Waals surface area contributed by atoms with Crippen molar-refractivity contribution >= 4 is 29.1 Å². The van der Waals surface area contributed by atoms with Gasteiger partial charge in [0.1, 0.15) is 24.0 Å². The third-order valence-corrected chi connectivity index (χ3v) is 5.29. The highest BCUT2D eigenvalue weighted by Gasteiger charge is 2.31. The summed E-state index contributed by atoms with van der Waals surface area (Å²) in [5.74, 6) is 0.000536. The Hall–Kier alpha value is -3.39. The van der Waals surface area contributed by atoms with Crippen LogP contribution in [-0.4, -0.2) is 37.3 Å². The molecule has 3 aromatic heterocycles. The molecule has 9 heteroatoms. The van der Waals surface area contributed by atoms with Crippen molar-refractivity contribution in [3.63, 3.8) is 0 Å². The second-order valence-corrected chi connectivity index (χ2v) is 7.60. The number of fused-ring (bicyclic) bond motifs is 1. The fourth-order valence-electron chi connectivity index (χ4n) is 3.38. The van der Waals surface area contributed by atoms with Gasteiger partial charge in [-0.3, -0.25) is 0 Å². The van der Waals surface area contributed by atoms with Crippen LogP contribution < -0.4 is 4.74 Å². The lowest BCUT2D eigenvalue weighted by Gasteiger charge is -2.30. The number of aromatic nitrogens is 5. The van der Waals surface area contributed by atoms with Crippen molar-refractivity contribution in [1.29, 1.82) is 0 Å². The van der Waals surface area contributed by atoms with Crippen LogP contribution in [0.2, 0.25) is 5.02 Å². The molecule has 0 unspecified atom stereocenters. The maximum atomic E-state index is 14.8. The fourth-order valence-corrected chi connectivity index (χ4v) is 3.54. The van der Waals surface area contributed by atoms with Gasteiger partial charge in [0.25, 0.3) is 0 Å². The van der Waals surface area contributed by atoms with Gasteiger partial charge in [0.05, 0.1) is 16.1 Å². The van der Waals surface area contributed by atoms with Crippen LogP contribution in [-0.2, 0) is 4.79 Å². The number of benzene rings is 1. The average molecular weight is 424 g/mol. The monoisotopic (exact) mass is 423 g/mol. The van der Waals surface area contributed by atoms with Crippen molar-refractivity contribution in [3.8, 4) is 28.5 Å². The quantitative estimate of drug-likeness (QED) is 0.483. The highest BCUT2D eigenvalue weighted by molar-refractivity contribution is 6.31. The molecule has 1 fully saturated rings. The molecule has 5 rings (SSSR count). The molecule has 1 N–H and O–H groups in total. The van der Waals surface area contributed by atoms with Crippen LogP contribution in [0.15, 0.2) is 42.9 Å². The molecule has 0 radical (unpaired) electrons. The molecular formula is C21H15ClFN5O2. The van der Waals surface area contributed by atoms with E-state index in [2.05, 4.69) is 24.9 Å². The molecule has 150 valence electrons. The van der Waals surface area contributed by atoms with Gasteiger partial charge in [-0.25, -0.2) is 24.3 Å². The Morgan fingerprint density at radius 1 is 1.10 bits per heavy atom. The largest absolute Gasteiger partial charge is 0.460 e. The van der Waals surface area contributed by atoms with Crippen LogP contribution in [0.25, 0.3) is 33.7 Å². The van der Waals surface area contributed by atoms with Crippen LogP contribution in [0.5, 0.6) is 6.01 Å². The molecule has 1 aliphatic rings. The van der Waals surface area contributed by atoms with Gasteiger partial charge in [-0.05, 0) is 36.6 Å². The molecular weight excluding hydrogens is 409 g/mol. The third kappa shape index (κ3) is 3.50. The van der Waals surface area contributed by atoms with Crippen molar-refractivity contribution in [1.82, 2.24) is 24.9 Å². The normalized spacial score (nSPS) is 18.2. The Labute approximate surface area is 175 Å². The Kier molecular flexibility index (Phi) is 4.63. The second kappa shape index (κ2) is 7.46. The van der Waals surface area contributed by atoms with E-state index >= 15 is 0 Å². The van der Waals surface area contributed by atoms with Crippen LogP contribution in [0.1, 0.15) is 12.8 Å². The van der Waals surface area contributed by atoms with Crippen LogP contribution in [0.4, 0.5) is 4.39 Å². The summed E-state index contributed by atoms with van der Waals surface area (Å²) in [5, 5.41) is 0.474. The molecule has 3 heterocycles. The van der Waals surface area contributed by atoms with E-state index in [1.807, 2.05) is 0 Å². The minimum absolute atomic E-state index is 0.0315. The minimum Gasteiger partial charge on any atom is -0.460 e. The molecule has 4 aromatic rings. The van der Waals surface area contributed by atoms with E-state index < -0.39 is 5.82 Å². The Balaban J connectivity index is 1.35. The van der Waals surface area contributed by atoms with Gasteiger partial charge >= 0.3 is 6.01 Å². The number of nitrogens with zero attached hydrogens (tertiary/aromatic N) is 4. The number of hydrogen-bond donors (Lipinski definition) is 1. The van der Waals surface area contributed by atoms with E-state index in [9.17, 15) is 9.18 Å². The number of aromatic amines is 1. The molecule has 1 aromatic carbocycles. The second-order valence-electron chi connectivity index (χ2n) is 7.17. The Morgan fingerprint density at radius 3 is 2.63 bits per heavy atom. The van der Waals surface area contributed by atoms with Crippen molar-refractivity contribution in [2.45, 2.75) is 18.9 Å². The topological polar surface area (TPSA) is 93.6 Å². The average Bonchev–Trinajstić information content (AvgIpc) is 3.13. The van der Waals surface area contributed by atoms with E-state index in [1.54, 1.807) is 30.6 Å². The van der Waals surface area contributed by atoms with E-state index in [1.165, 1.54) is 12.3 Å². The lowest BCUT2D eigenvalue weighted by Crippen LogP contribution is -2.34. The summed E-state index contributed by atoms with van der Waals surface area (Å²) in [7, 11) is 0. The van der Waals surface area contributed by atoms with E-state index in [4.69, 9.17) is 16.3 Å². The summed E-state index contributed by atoms with van der Waals surface area (Å²) in [4.78, 5) is 30.5. The fraction of sp³-hybridized carbons (Fsp3) is 0.190. The Morgan fingerprint density at radius 2 is 1.90 bits per heavy atom. The number of ether oxygens (including phenoxy) is 1. The molecule has 1 aliphatic carbocycles. The molecule has 0 atom stereocenters. The number of carbonyl (C=O) groups excluding carboxylic acids is 1. The molecule has 1 saturated carbocycles. The molecule has 0 saturated heterocycles. The van der Waals surface area contributed by atoms with Crippen LogP contribution in [0.3, 0.4) is 0 Å². The summed E-state index contributed by atoms with van der Waals surface area (Å²) in [6.07, 6.45) is 6.94. The molecule has 30 heavy (non-hydrogen) atoms. The van der Waals surface area contributed by atoms with Gasteiger partial charge in [0.2, 0.25) is 0 Å². The van der Waals surface area contributed by atoms with E-state index in [-0.39, 0.29) is 18.0 Å². The van der Waals surface area contributed by atoms with Gasteiger partial charge in [-0.15, -0.1) is 0 Å². The number of carbonyl (C=O) groups is 1. The summed E-state index contributed by atoms with van der Waals surface area (Å²) in [5.41, 5.74) is 2.71. The number of imidazole rings is 1. The summed E-state index contributed by atoms with van der Waals surface area (Å²) >= 11 is 5.94. The maximum absolute atomic E-state index is 14.8. The summed E-state index contributed by atoms with van der Waals surface area (Å²) in [6.45, 7) is 0. The van der Waals surface area contributed by atoms with Gasteiger partial charge in [-0.1, -0.05) is 17.7 Å². The van der Waals surface area contributed by atoms with Crippen LogP contribution in [0, 0.1) is 11.7 Å². The number of pyridine rings is 1. The van der Waals surface area contributed by atoms with Gasteiger partial charge in [0, 0.05) is 30.1 Å². The number of aldehydes is 1. The van der Waals surface area contributed by atoms with E-state index in [0.717, 1.165) is 6.29 Å². The smallest absolute Gasteiger partial charge is 0.316 e. The molecule has 0 bridgehead atoms. The highest BCUT2D eigenvalue weighted by atomic mass is 35.5. The minimum atomic E-state index is -0.438. The third-order valence-electron chi connectivity index (χ3n) is 5.09. The molecule has 0 aliphatic heterocycles. The maximum Gasteiger partial charge on any atom is 0.316 e. The zero-order valence-corrected chi connectivity index (χ0v) is 16.3. The number of hydrogen-bond acceptors (Lipinski definition) is 6. The number of nitrogens with one attached hydrogen (secondary N) is 1. The SMILES string of the molecule is O=CC1CC(Oc2ncc(-c3ccc(-c4nc5ncc(Cl)cc5[nH]4)c(F)c3)cn2)C1. The van der Waals surface area contributed by atoms with Gasteiger partial charge < -0.3 is 14.5 Å². The first-order valence-electron chi connectivity index (χ1n) is 9.34. The molecule has 0 amide bonds. The first kappa shape index (κ1) is 18.6. The summed E-state index contributed by atoms with van der Waals surface area (Å²) in [6, 6.07) is 6.76. The predicted molar refractivity (Wildman–Crippen MR) is 109 cm³/mol. The van der Waals surface area contributed by atoms with Gasteiger partial charge in [-0.2, -0.15) is 0 Å². The van der Waals surface area contributed by atoms with E-state index in [0.29, 0.717) is 51.5 Å². The number of rotatable bonds is 5. The molecule has 0 spiro atoms. The van der Waals surface area contributed by atoms with Crippen LogP contribution >= 0.6 is 11.6 Å². The van der Waals surface area contributed by atoms with Gasteiger partial charge in [0.15, 0.2) is 5.65 Å². The first-order valence-corrected chi connectivity index (χ1v) is 9.72. The zero-order chi connectivity index (χ0) is 20.7. The lowest BCUT2D eigenvalue weighted by molar-refractivity contribution is -0.116. The number of halogens is 2. The summed E-state index contributed by atoms with van der Waals surface area (Å²) < 4.78 is 20.4. The predicted octanol–water partition coefficient (Wildman–Crippen LogP) is 4.23. The highest BCUT2D eigenvalue weighted by Crippen LogP contribution is 2.30. The zero-order valence-electron chi connectivity index (χ0n) is 15.5.